The normalized spacial score (nSPS) is 11.3. The third-order valence-electron chi connectivity index (χ3n) is 3.09. The molecule has 0 saturated carbocycles. The molecule has 4 nitrogen and oxygen atoms in total. The SMILES string of the molecule is CCN(CC)CCNC(=O)c1cc2sccc2[nH]1. The molecule has 0 aliphatic heterocycles. The monoisotopic (exact) mass is 265 g/mol. The van der Waals surface area contributed by atoms with Crippen LogP contribution < -0.4 is 5.32 Å². The average molecular weight is 265 g/mol. The van der Waals surface area contributed by atoms with Gasteiger partial charge >= 0.3 is 0 Å². The Bertz CT molecular complexity index is 485. The number of thiophene rings is 1. The van der Waals surface area contributed by atoms with Gasteiger partial charge in [-0.15, -0.1) is 11.3 Å². The van der Waals surface area contributed by atoms with E-state index in [0.29, 0.717) is 12.2 Å². The Balaban J connectivity index is 1.86. The maximum atomic E-state index is 11.9. The molecule has 18 heavy (non-hydrogen) atoms. The minimum atomic E-state index is -0.0226. The molecule has 2 rings (SSSR count). The largest absolute Gasteiger partial charge is 0.350 e. The summed E-state index contributed by atoms with van der Waals surface area (Å²) in [5, 5.41) is 4.96. The van der Waals surface area contributed by atoms with E-state index in [1.807, 2.05) is 17.5 Å². The van der Waals surface area contributed by atoms with Crippen molar-refractivity contribution in [3.63, 3.8) is 0 Å². The number of aromatic nitrogens is 1. The summed E-state index contributed by atoms with van der Waals surface area (Å²) in [5.41, 5.74) is 1.69. The number of fused-ring (bicyclic) bond motifs is 1. The van der Waals surface area contributed by atoms with E-state index in [9.17, 15) is 4.79 Å². The van der Waals surface area contributed by atoms with E-state index in [1.54, 1.807) is 11.3 Å². The highest BCUT2D eigenvalue weighted by Crippen LogP contribution is 2.20. The van der Waals surface area contributed by atoms with E-state index in [2.05, 4.69) is 29.0 Å². The van der Waals surface area contributed by atoms with E-state index in [4.69, 9.17) is 0 Å². The molecule has 5 heteroatoms. The van der Waals surface area contributed by atoms with E-state index in [-0.39, 0.29) is 5.91 Å². The maximum Gasteiger partial charge on any atom is 0.267 e. The zero-order valence-electron chi connectivity index (χ0n) is 10.8. The minimum absolute atomic E-state index is 0.0226. The zero-order chi connectivity index (χ0) is 13.0. The summed E-state index contributed by atoms with van der Waals surface area (Å²) in [5.74, 6) is -0.0226. The van der Waals surface area contributed by atoms with Crippen molar-refractivity contribution in [2.75, 3.05) is 26.2 Å². The van der Waals surface area contributed by atoms with Crippen LogP contribution in [0.15, 0.2) is 17.5 Å². The molecule has 0 atom stereocenters. The van der Waals surface area contributed by atoms with Crippen LogP contribution in [0.4, 0.5) is 0 Å². The number of hydrogen-bond donors (Lipinski definition) is 2. The standard InChI is InChI=1S/C13H19N3OS/c1-3-16(4-2)7-6-14-13(17)11-9-12-10(15-11)5-8-18-12/h5,8-9,15H,3-4,6-7H2,1-2H3,(H,14,17). The lowest BCUT2D eigenvalue weighted by molar-refractivity contribution is 0.0945. The summed E-state index contributed by atoms with van der Waals surface area (Å²) in [6, 6.07) is 3.90. The number of rotatable bonds is 6. The summed E-state index contributed by atoms with van der Waals surface area (Å²) >= 11 is 1.64. The van der Waals surface area contributed by atoms with Crippen LogP contribution in [0, 0.1) is 0 Å². The summed E-state index contributed by atoms with van der Waals surface area (Å²) in [7, 11) is 0. The lowest BCUT2D eigenvalue weighted by Crippen LogP contribution is -2.34. The van der Waals surface area contributed by atoms with Gasteiger partial charge in [0.1, 0.15) is 5.69 Å². The van der Waals surface area contributed by atoms with Gasteiger partial charge in [-0.25, -0.2) is 0 Å². The minimum Gasteiger partial charge on any atom is -0.350 e. The number of likely N-dealkylation sites (N-methyl/N-ethyl adjacent to an activating group) is 1. The fraction of sp³-hybridized carbons (Fsp3) is 0.462. The Morgan fingerprint density at radius 1 is 1.44 bits per heavy atom. The molecule has 2 aromatic rings. The van der Waals surface area contributed by atoms with Gasteiger partial charge in [0, 0.05) is 13.1 Å². The van der Waals surface area contributed by atoms with Crippen molar-refractivity contribution in [3.8, 4) is 0 Å². The van der Waals surface area contributed by atoms with Crippen LogP contribution >= 0.6 is 11.3 Å². The number of hydrogen-bond acceptors (Lipinski definition) is 3. The lowest BCUT2D eigenvalue weighted by Gasteiger charge is -2.17. The molecule has 2 heterocycles. The van der Waals surface area contributed by atoms with Crippen LogP contribution in [0.25, 0.3) is 10.2 Å². The van der Waals surface area contributed by atoms with Gasteiger partial charge in [0.05, 0.1) is 10.2 Å². The molecular formula is C13H19N3OS. The van der Waals surface area contributed by atoms with E-state index < -0.39 is 0 Å². The van der Waals surface area contributed by atoms with Gasteiger partial charge in [0.25, 0.3) is 5.91 Å². The highest BCUT2D eigenvalue weighted by Gasteiger charge is 2.09. The van der Waals surface area contributed by atoms with Gasteiger partial charge in [-0.3, -0.25) is 4.79 Å². The third-order valence-corrected chi connectivity index (χ3v) is 3.96. The second-order valence-electron chi connectivity index (χ2n) is 4.16. The van der Waals surface area contributed by atoms with Crippen LogP contribution in [0.1, 0.15) is 24.3 Å². The second-order valence-corrected chi connectivity index (χ2v) is 5.11. The molecule has 0 spiro atoms. The van der Waals surface area contributed by atoms with Gasteiger partial charge in [0.2, 0.25) is 0 Å². The van der Waals surface area contributed by atoms with Crippen molar-refractivity contribution in [2.24, 2.45) is 0 Å². The number of carbonyl (C=O) groups is 1. The molecular weight excluding hydrogens is 246 g/mol. The van der Waals surface area contributed by atoms with Crippen molar-refractivity contribution in [1.29, 1.82) is 0 Å². The topological polar surface area (TPSA) is 48.1 Å². The first-order valence-electron chi connectivity index (χ1n) is 6.31. The maximum absolute atomic E-state index is 11.9. The van der Waals surface area contributed by atoms with Gasteiger partial charge in [-0.2, -0.15) is 0 Å². The van der Waals surface area contributed by atoms with Crippen molar-refractivity contribution in [2.45, 2.75) is 13.8 Å². The highest BCUT2D eigenvalue weighted by atomic mass is 32.1. The Morgan fingerprint density at radius 3 is 2.89 bits per heavy atom. The first kappa shape index (κ1) is 13.1. The first-order valence-corrected chi connectivity index (χ1v) is 7.19. The number of nitrogens with zero attached hydrogens (tertiary/aromatic N) is 1. The smallest absolute Gasteiger partial charge is 0.267 e. The molecule has 0 radical (unpaired) electrons. The summed E-state index contributed by atoms with van der Waals surface area (Å²) in [4.78, 5) is 17.3. The number of H-pyrrole nitrogens is 1. The molecule has 0 aliphatic carbocycles. The number of nitrogens with one attached hydrogen (secondary N) is 2. The molecule has 98 valence electrons. The van der Waals surface area contributed by atoms with Crippen molar-refractivity contribution < 1.29 is 4.79 Å². The van der Waals surface area contributed by atoms with Crippen LogP contribution in [0.2, 0.25) is 0 Å². The predicted molar refractivity (Wildman–Crippen MR) is 76.3 cm³/mol. The molecule has 1 amide bonds. The summed E-state index contributed by atoms with van der Waals surface area (Å²) < 4.78 is 1.13. The summed E-state index contributed by atoms with van der Waals surface area (Å²) in [6.45, 7) is 7.88. The Morgan fingerprint density at radius 2 is 2.22 bits per heavy atom. The lowest BCUT2D eigenvalue weighted by atomic mass is 10.4. The van der Waals surface area contributed by atoms with Crippen molar-refractivity contribution >= 4 is 27.5 Å². The van der Waals surface area contributed by atoms with Crippen LogP contribution in [0.3, 0.4) is 0 Å². The van der Waals surface area contributed by atoms with Gasteiger partial charge in [-0.05, 0) is 30.6 Å². The van der Waals surface area contributed by atoms with E-state index >= 15 is 0 Å². The molecule has 0 bridgehead atoms. The molecule has 0 aliphatic rings. The fourth-order valence-electron chi connectivity index (χ4n) is 1.93. The van der Waals surface area contributed by atoms with E-state index in [0.717, 1.165) is 29.9 Å². The predicted octanol–water partition coefficient (Wildman–Crippen LogP) is 2.30. The second kappa shape index (κ2) is 6.02. The Kier molecular flexibility index (Phi) is 4.38. The van der Waals surface area contributed by atoms with Crippen LogP contribution in [0.5, 0.6) is 0 Å². The Hall–Kier alpha value is -1.33. The van der Waals surface area contributed by atoms with Gasteiger partial charge in [0.15, 0.2) is 0 Å². The van der Waals surface area contributed by atoms with E-state index in [1.165, 1.54) is 0 Å². The number of aromatic amines is 1. The molecule has 0 aromatic carbocycles. The third kappa shape index (κ3) is 2.91. The molecule has 0 fully saturated rings. The first-order chi connectivity index (χ1) is 8.74. The number of carbonyl (C=O) groups excluding carboxylic acids is 1. The van der Waals surface area contributed by atoms with Gasteiger partial charge < -0.3 is 15.2 Å². The molecule has 2 N–H and O–H groups in total. The molecule has 0 saturated heterocycles. The fourth-order valence-corrected chi connectivity index (χ4v) is 2.72. The zero-order valence-corrected chi connectivity index (χ0v) is 11.6. The summed E-state index contributed by atoms with van der Waals surface area (Å²) in [6.07, 6.45) is 0. The highest BCUT2D eigenvalue weighted by molar-refractivity contribution is 7.17. The molecule has 2 aromatic heterocycles. The molecule has 0 unspecified atom stereocenters. The van der Waals surface area contributed by atoms with Gasteiger partial charge in [-0.1, -0.05) is 13.8 Å². The Labute approximate surface area is 111 Å². The number of amides is 1. The average Bonchev–Trinajstić information content (AvgIpc) is 2.95. The van der Waals surface area contributed by atoms with Crippen LogP contribution in [-0.2, 0) is 0 Å². The van der Waals surface area contributed by atoms with Crippen molar-refractivity contribution in [3.05, 3.63) is 23.2 Å². The van der Waals surface area contributed by atoms with Crippen LogP contribution in [-0.4, -0.2) is 42.0 Å². The quantitative estimate of drug-likeness (QED) is 0.842. The van der Waals surface area contributed by atoms with Crippen molar-refractivity contribution in [1.82, 2.24) is 15.2 Å².